The Balaban J connectivity index is 1.32. The van der Waals surface area contributed by atoms with E-state index < -0.39 is 7.14 Å². The molecule has 0 saturated carbocycles. The molecule has 1 heterocycles. The van der Waals surface area contributed by atoms with Gasteiger partial charge in [-0.3, -0.25) is 0 Å². The zero-order valence-corrected chi connectivity index (χ0v) is 25.1. The van der Waals surface area contributed by atoms with Crippen LogP contribution in [0.2, 0.25) is 0 Å². The molecule has 0 N–H and O–H groups in total. The van der Waals surface area contributed by atoms with E-state index in [-0.39, 0.29) is 0 Å². The van der Waals surface area contributed by atoms with E-state index in [0.717, 1.165) is 64.8 Å². The van der Waals surface area contributed by atoms with E-state index in [1.54, 1.807) is 0 Å². The molecule has 45 heavy (non-hydrogen) atoms. The predicted molar refractivity (Wildman–Crippen MR) is 190 cm³/mol. The third kappa shape index (κ3) is 3.32. The minimum Gasteiger partial charge on any atom is -0.456 e. The lowest BCUT2D eigenvalue weighted by Gasteiger charge is -2.23. The Kier molecular flexibility index (Phi) is 5.02. The zero-order valence-electron chi connectivity index (χ0n) is 24.2. The molecule has 9 aromatic rings. The van der Waals surface area contributed by atoms with Crippen molar-refractivity contribution in [3.63, 3.8) is 0 Å². The summed E-state index contributed by atoms with van der Waals surface area (Å²) in [5.41, 5.74) is 6.61. The fourth-order valence-electron chi connectivity index (χ4n) is 7.70. The summed E-state index contributed by atoms with van der Waals surface area (Å²) < 4.78 is 22.8. The molecule has 0 unspecified atom stereocenters. The van der Waals surface area contributed by atoms with Crippen LogP contribution in [0.1, 0.15) is 0 Å². The maximum atomic E-state index is 16.2. The average molecular weight is 593 g/mol. The number of furan rings is 1. The molecule has 8 aromatic carbocycles. The second kappa shape index (κ2) is 9.05. The third-order valence-corrected chi connectivity index (χ3v) is 12.8. The first-order chi connectivity index (χ1) is 22.2. The highest BCUT2D eigenvalue weighted by atomic mass is 31.2. The van der Waals surface area contributed by atoms with E-state index in [9.17, 15) is 0 Å². The van der Waals surface area contributed by atoms with Crippen molar-refractivity contribution in [2.45, 2.75) is 0 Å². The summed E-state index contributed by atoms with van der Waals surface area (Å²) >= 11 is 0. The van der Waals surface area contributed by atoms with Crippen molar-refractivity contribution in [1.29, 1.82) is 0 Å². The number of fused-ring (bicyclic) bond motifs is 9. The van der Waals surface area contributed by atoms with Crippen LogP contribution in [0.25, 0.3) is 76.5 Å². The average Bonchev–Trinajstić information content (AvgIpc) is 3.64. The summed E-state index contributed by atoms with van der Waals surface area (Å²) in [6.45, 7) is 0. The van der Waals surface area contributed by atoms with E-state index in [4.69, 9.17) is 4.42 Å². The lowest BCUT2D eigenvalue weighted by molar-refractivity contribution is 0.593. The van der Waals surface area contributed by atoms with Crippen LogP contribution in [0.5, 0.6) is 0 Å². The highest BCUT2D eigenvalue weighted by molar-refractivity contribution is 7.86. The van der Waals surface area contributed by atoms with Gasteiger partial charge < -0.3 is 8.98 Å². The topological polar surface area (TPSA) is 30.2 Å². The van der Waals surface area contributed by atoms with Crippen molar-refractivity contribution in [2.75, 3.05) is 0 Å². The monoisotopic (exact) mass is 592 g/mol. The Labute approximate surface area is 259 Å². The maximum absolute atomic E-state index is 16.2. The van der Waals surface area contributed by atoms with Crippen LogP contribution in [-0.2, 0) is 4.57 Å². The Morgan fingerprint density at radius 3 is 1.67 bits per heavy atom. The summed E-state index contributed by atoms with van der Waals surface area (Å²) in [4.78, 5) is 0. The quantitative estimate of drug-likeness (QED) is 0.191. The molecule has 0 aliphatic heterocycles. The summed E-state index contributed by atoms with van der Waals surface area (Å²) in [6, 6.07) is 52.4. The summed E-state index contributed by atoms with van der Waals surface area (Å²) in [5.74, 6) is 0. The van der Waals surface area contributed by atoms with Crippen LogP contribution in [0.3, 0.4) is 0 Å². The first kappa shape index (κ1) is 25.0. The Morgan fingerprint density at radius 2 is 0.956 bits per heavy atom. The molecule has 1 aliphatic rings. The van der Waals surface area contributed by atoms with Gasteiger partial charge in [-0.25, -0.2) is 0 Å². The highest BCUT2D eigenvalue weighted by Gasteiger charge is 2.34. The number of hydrogen-bond donors (Lipinski definition) is 0. The maximum Gasteiger partial charge on any atom is 0.172 e. The van der Waals surface area contributed by atoms with E-state index in [2.05, 4.69) is 103 Å². The number of benzene rings is 8. The van der Waals surface area contributed by atoms with Gasteiger partial charge in [0, 0.05) is 26.7 Å². The fourth-order valence-corrected chi connectivity index (χ4v) is 10.8. The zero-order chi connectivity index (χ0) is 29.7. The van der Waals surface area contributed by atoms with Gasteiger partial charge in [0.15, 0.2) is 7.14 Å². The molecule has 0 spiro atoms. The second-order valence-corrected chi connectivity index (χ2v) is 14.7. The summed E-state index contributed by atoms with van der Waals surface area (Å²) in [7, 11) is -3.38. The van der Waals surface area contributed by atoms with E-state index >= 15 is 4.57 Å². The molecule has 210 valence electrons. The van der Waals surface area contributed by atoms with Crippen molar-refractivity contribution in [2.24, 2.45) is 0 Å². The fraction of sp³-hybridized carbons (Fsp3) is 0. The smallest absolute Gasteiger partial charge is 0.172 e. The van der Waals surface area contributed by atoms with Gasteiger partial charge in [0.05, 0.1) is 0 Å². The molecule has 0 amide bonds. The molecule has 0 saturated heterocycles. The minimum absolute atomic E-state index is 0.800. The Hall–Kier alpha value is -5.43. The third-order valence-electron chi connectivity index (χ3n) is 9.66. The molecule has 0 atom stereocenters. The molecule has 10 rings (SSSR count). The molecule has 2 nitrogen and oxygen atoms in total. The van der Waals surface area contributed by atoms with E-state index in [1.807, 2.05) is 48.5 Å². The van der Waals surface area contributed by atoms with Gasteiger partial charge in [0.25, 0.3) is 0 Å². The first-order valence-corrected chi connectivity index (χ1v) is 17.0. The molecule has 1 aliphatic carbocycles. The van der Waals surface area contributed by atoms with Gasteiger partial charge >= 0.3 is 0 Å². The number of hydrogen-bond acceptors (Lipinski definition) is 2. The highest BCUT2D eigenvalue weighted by Crippen LogP contribution is 2.52. The van der Waals surface area contributed by atoms with Crippen LogP contribution < -0.4 is 15.9 Å². The van der Waals surface area contributed by atoms with E-state index in [0.29, 0.717) is 0 Å². The Bertz CT molecular complexity index is 2660. The SMILES string of the molecule is O=P(c1ccc2oc3cc4c5c(cccc5c3c2c1)-c1ccccc1-4)(c1cccc2ccccc12)c1cccc2ccccc12. The van der Waals surface area contributed by atoms with Crippen LogP contribution in [-0.4, -0.2) is 0 Å². The molecular weight excluding hydrogens is 567 g/mol. The van der Waals surface area contributed by atoms with Crippen LogP contribution in [0.4, 0.5) is 0 Å². The van der Waals surface area contributed by atoms with Crippen molar-refractivity contribution >= 4 is 77.3 Å². The van der Waals surface area contributed by atoms with Gasteiger partial charge in [0.1, 0.15) is 11.2 Å². The first-order valence-electron chi connectivity index (χ1n) is 15.3. The predicted octanol–water partition coefficient (Wildman–Crippen LogP) is 10.3. The summed E-state index contributed by atoms with van der Waals surface area (Å²) in [5, 5.41) is 11.2. The lowest BCUT2D eigenvalue weighted by atomic mass is 9.98. The lowest BCUT2D eigenvalue weighted by Crippen LogP contribution is -2.26. The van der Waals surface area contributed by atoms with Crippen LogP contribution >= 0.6 is 7.14 Å². The molecule has 0 bridgehead atoms. The van der Waals surface area contributed by atoms with Crippen molar-refractivity contribution in [3.05, 3.63) is 152 Å². The van der Waals surface area contributed by atoms with Crippen molar-refractivity contribution in [1.82, 2.24) is 0 Å². The second-order valence-electron chi connectivity index (χ2n) is 12.0. The minimum atomic E-state index is -3.38. The molecule has 0 radical (unpaired) electrons. The van der Waals surface area contributed by atoms with Gasteiger partial charge in [-0.15, -0.1) is 0 Å². The number of rotatable bonds is 3. The van der Waals surface area contributed by atoms with Gasteiger partial charge in [-0.05, 0) is 78.8 Å². The molecular formula is C42H25O2P. The standard InChI is InChI=1S/C42H25O2P/c43-45(39-20-7-12-26-10-1-3-14-29(26)39,40-21-8-13-27-11-2-4-15-30(27)40)28-22-23-37-36(24-28)42-34-19-9-18-33-31-16-5-6-17-32(31)35(41(33)34)25-38(42)44-37/h1-25H. The van der Waals surface area contributed by atoms with Crippen molar-refractivity contribution < 1.29 is 8.98 Å². The normalized spacial score (nSPS) is 12.5. The largest absolute Gasteiger partial charge is 0.456 e. The Morgan fingerprint density at radius 1 is 0.400 bits per heavy atom. The van der Waals surface area contributed by atoms with Crippen molar-refractivity contribution in [3.8, 4) is 22.3 Å². The molecule has 0 fully saturated rings. The van der Waals surface area contributed by atoms with Gasteiger partial charge in [0.2, 0.25) is 0 Å². The molecule has 1 aromatic heterocycles. The van der Waals surface area contributed by atoms with Gasteiger partial charge in [-0.2, -0.15) is 0 Å². The van der Waals surface area contributed by atoms with Crippen LogP contribution in [0, 0.1) is 0 Å². The molecule has 3 heteroatoms. The van der Waals surface area contributed by atoms with Crippen LogP contribution in [0.15, 0.2) is 156 Å². The van der Waals surface area contributed by atoms with Gasteiger partial charge in [-0.1, -0.05) is 127 Å². The van der Waals surface area contributed by atoms with E-state index in [1.165, 1.54) is 27.6 Å². The summed E-state index contributed by atoms with van der Waals surface area (Å²) in [6.07, 6.45) is 0.